The first-order valence-electron chi connectivity index (χ1n) is 20.2. The molecule has 6 aromatic rings. The molecule has 56 heavy (non-hydrogen) atoms. The smallest absolute Gasteiger partial charge is 0.164 e. The van der Waals surface area contributed by atoms with Crippen molar-refractivity contribution in [2.45, 2.75) is 128 Å². The molecule has 0 amide bonds. The van der Waals surface area contributed by atoms with E-state index in [1.807, 2.05) is 59.1 Å². The third-order valence-electron chi connectivity index (χ3n) is 12.2. The fourth-order valence-corrected chi connectivity index (χ4v) is 8.62. The molecular formula is C50H62IrNO3S-. The number of thiophene rings is 1. The summed E-state index contributed by atoms with van der Waals surface area (Å²) >= 11 is 1.82. The Hall–Kier alpha value is -3.57. The van der Waals surface area contributed by atoms with Gasteiger partial charge in [0.05, 0.1) is 0 Å². The van der Waals surface area contributed by atoms with E-state index in [1.165, 1.54) is 54.1 Å². The maximum absolute atomic E-state index is 12.2. The molecule has 1 radical (unpaired) electrons. The summed E-state index contributed by atoms with van der Waals surface area (Å²) in [6.45, 7) is 27.8. The van der Waals surface area contributed by atoms with Crippen LogP contribution < -0.4 is 0 Å². The molecule has 1 N–H and O–H groups in total. The number of aliphatic hydroxyl groups excluding tert-OH is 1. The van der Waals surface area contributed by atoms with Gasteiger partial charge in [0.1, 0.15) is 17.1 Å². The standard InChI is InChI=1S/C35H34NOS.C15H28O2.Ir/c1-20(2)17-30-21(3)25-13-10-14-28(32(25)37-30)33-22(4)26-15-16-36-31(34(26)38-33)24-18-23-11-8-9-12-27(23)29(19-24)35(5,6)7;1-7-14(5,8-2)12(16)11-13(17)15(6,9-3)10-4;/h8-16,19-20H,17H2,1-7H3;11,16H,7-10H2,1-6H3;/q-1;;/b;12-11-;. The van der Waals surface area contributed by atoms with E-state index in [9.17, 15) is 9.90 Å². The zero-order valence-electron chi connectivity index (χ0n) is 35.9. The molecule has 3 aromatic heterocycles. The van der Waals surface area contributed by atoms with Gasteiger partial charge < -0.3 is 9.52 Å². The Morgan fingerprint density at radius 1 is 0.857 bits per heavy atom. The van der Waals surface area contributed by atoms with Crippen LogP contribution in [0.5, 0.6) is 0 Å². The number of fused-ring (bicyclic) bond motifs is 3. The first-order valence-corrected chi connectivity index (χ1v) is 21.0. The first-order chi connectivity index (χ1) is 25.9. The number of aromatic nitrogens is 1. The molecule has 3 heterocycles. The molecule has 3 aromatic carbocycles. The normalized spacial score (nSPS) is 12.6. The van der Waals surface area contributed by atoms with Crippen LogP contribution in [0.4, 0.5) is 0 Å². The van der Waals surface area contributed by atoms with E-state index in [0.717, 1.165) is 60.1 Å². The molecule has 0 saturated carbocycles. The number of hydrogen-bond donors (Lipinski definition) is 1. The number of ketones is 1. The van der Waals surface area contributed by atoms with Crippen molar-refractivity contribution in [3.63, 3.8) is 0 Å². The van der Waals surface area contributed by atoms with Crippen molar-refractivity contribution in [2.24, 2.45) is 16.7 Å². The Morgan fingerprint density at radius 3 is 2.09 bits per heavy atom. The van der Waals surface area contributed by atoms with Gasteiger partial charge in [-0.25, -0.2) is 0 Å². The average Bonchev–Trinajstić information content (AvgIpc) is 3.68. The predicted octanol–water partition coefficient (Wildman–Crippen LogP) is 15.1. The quantitative estimate of drug-likeness (QED) is 0.0798. The Bertz CT molecular complexity index is 2340. The molecule has 0 unspecified atom stereocenters. The number of para-hydroxylation sites is 1. The molecule has 0 atom stereocenters. The summed E-state index contributed by atoms with van der Waals surface area (Å²) in [6, 6.07) is 23.3. The third-order valence-corrected chi connectivity index (χ3v) is 13.5. The first kappa shape index (κ1) is 45.1. The zero-order chi connectivity index (χ0) is 40.5. The number of allylic oxidation sites excluding steroid dienone is 2. The van der Waals surface area contributed by atoms with E-state index in [2.05, 4.69) is 109 Å². The van der Waals surface area contributed by atoms with Crippen molar-refractivity contribution in [3.8, 4) is 21.7 Å². The average molecular weight is 949 g/mol. The van der Waals surface area contributed by atoms with E-state index >= 15 is 0 Å². The van der Waals surface area contributed by atoms with Crippen LogP contribution in [0.25, 0.3) is 53.5 Å². The van der Waals surface area contributed by atoms with Crippen LogP contribution >= 0.6 is 11.3 Å². The third kappa shape index (κ3) is 8.94. The van der Waals surface area contributed by atoms with Gasteiger partial charge in [0.2, 0.25) is 0 Å². The molecule has 0 aliphatic rings. The fraction of sp³-hybridized carbons (Fsp3) is 0.440. The molecule has 4 nitrogen and oxygen atoms in total. The topological polar surface area (TPSA) is 63.3 Å². The van der Waals surface area contributed by atoms with Crippen LogP contribution in [-0.2, 0) is 36.7 Å². The van der Waals surface area contributed by atoms with E-state index < -0.39 is 0 Å². The number of benzene rings is 3. The van der Waals surface area contributed by atoms with E-state index in [-0.39, 0.29) is 47.9 Å². The van der Waals surface area contributed by atoms with Crippen LogP contribution in [0.2, 0.25) is 0 Å². The van der Waals surface area contributed by atoms with Gasteiger partial charge in [-0.1, -0.05) is 117 Å². The summed E-state index contributed by atoms with van der Waals surface area (Å²) < 4.78 is 7.75. The van der Waals surface area contributed by atoms with Gasteiger partial charge in [0, 0.05) is 75.8 Å². The maximum Gasteiger partial charge on any atom is 0.164 e. The molecule has 6 heteroatoms. The molecular weight excluding hydrogens is 887 g/mol. The van der Waals surface area contributed by atoms with Crippen molar-refractivity contribution in [2.75, 3.05) is 0 Å². The van der Waals surface area contributed by atoms with Gasteiger partial charge in [0.15, 0.2) is 5.78 Å². The molecule has 301 valence electrons. The zero-order valence-corrected chi connectivity index (χ0v) is 39.1. The van der Waals surface area contributed by atoms with E-state index in [4.69, 9.17) is 9.40 Å². The van der Waals surface area contributed by atoms with Gasteiger partial charge in [-0.15, -0.1) is 40.5 Å². The van der Waals surface area contributed by atoms with Crippen LogP contribution in [0, 0.1) is 36.7 Å². The van der Waals surface area contributed by atoms with Crippen molar-refractivity contribution >= 4 is 48.9 Å². The second-order valence-electron chi connectivity index (χ2n) is 17.3. The monoisotopic (exact) mass is 949 g/mol. The molecule has 0 fully saturated rings. The Morgan fingerprint density at radius 2 is 1.48 bits per heavy atom. The maximum atomic E-state index is 12.2. The minimum atomic E-state index is -0.337. The number of aryl methyl sites for hydroxylation is 2. The van der Waals surface area contributed by atoms with Crippen molar-refractivity contribution in [1.82, 2.24) is 4.98 Å². The molecule has 0 spiro atoms. The van der Waals surface area contributed by atoms with Gasteiger partial charge in [-0.3, -0.25) is 9.78 Å². The number of furan rings is 1. The van der Waals surface area contributed by atoms with Gasteiger partial charge in [-0.2, -0.15) is 0 Å². The summed E-state index contributed by atoms with van der Waals surface area (Å²) in [6.07, 6.45) is 7.65. The summed E-state index contributed by atoms with van der Waals surface area (Å²) in [7, 11) is 0. The Kier molecular flexibility index (Phi) is 14.4. The minimum absolute atomic E-state index is 0. The SMILES string of the molecule is CCC(C)(CC)C(=O)/C=C(\O)C(C)(CC)CC.Cc1c(CC(C)C)oc2c(-c3sc4c(-c5[c-]c6ccccc6c(C(C)(C)C)c5)nccc4c3C)cccc12.[Ir]. The van der Waals surface area contributed by atoms with Gasteiger partial charge in [-0.05, 0) is 79.5 Å². The fourth-order valence-electron chi connectivity index (χ4n) is 7.29. The summed E-state index contributed by atoms with van der Waals surface area (Å²) in [5.41, 5.74) is 7.49. The van der Waals surface area contributed by atoms with E-state index in [0.29, 0.717) is 5.92 Å². The summed E-state index contributed by atoms with van der Waals surface area (Å²) in [5, 5.41) is 15.0. The van der Waals surface area contributed by atoms with Crippen LogP contribution in [0.1, 0.15) is 124 Å². The van der Waals surface area contributed by atoms with Gasteiger partial charge in [0.25, 0.3) is 0 Å². The molecule has 0 aliphatic carbocycles. The van der Waals surface area contributed by atoms with Crippen LogP contribution in [0.3, 0.4) is 0 Å². The Balaban J connectivity index is 0.000000330. The molecule has 6 rings (SSSR count). The summed E-state index contributed by atoms with van der Waals surface area (Å²) in [4.78, 5) is 18.4. The number of rotatable bonds is 11. The van der Waals surface area contributed by atoms with Crippen LogP contribution in [0.15, 0.2) is 77.0 Å². The van der Waals surface area contributed by atoms with Crippen LogP contribution in [-0.4, -0.2) is 15.9 Å². The van der Waals surface area contributed by atoms with Crippen molar-refractivity contribution in [1.29, 1.82) is 0 Å². The van der Waals surface area contributed by atoms with Gasteiger partial charge >= 0.3 is 0 Å². The molecule has 0 aliphatic heterocycles. The van der Waals surface area contributed by atoms with E-state index in [1.54, 1.807) is 0 Å². The minimum Gasteiger partial charge on any atom is -0.512 e. The predicted molar refractivity (Wildman–Crippen MR) is 236 cm³/mol. The van der Waals surface area contributed by atoms with Crippen molar-refractivity contribution < 1.29 is 34.4 Å². The number of hydrogen-bond acceptors (Lipinski definition) is 5. The Labute approximate surface area is 353 Å². The molecule has 0 saturated heterocycles. The second-order valence-corrected chi connectivity index (χ2v) is 18.4. The summed E-state index contributed by atoms with van der Waals surface area (Å²) in [5.74, 6) is 1.94. The number of nitrogens with zero attached hydrogens (tertiary/aromatic N) is 1. The number of carbonyl (C=O) groups excluding carboxylic acids is 1. The largest absolute Gasteiger partial charge is 0.512 e. The van der Waals surface area contributed by atoms with Crippen molar-refractivity contribution in [3.05, 3.63) is 101 Å². The second kappa shape index (κ2) is 17.9. The number of carbonyl (C=O) groups is 1. The number of aliphatic hydroxyl groups is 1. The number of pyridine rings is 1. The molecule has 0 bridgehead atoms.